The van der Waals surface area contributed by atoms with Gasteiger partial charge in [-0.05, 0) is 12.1 Å². The second-order valence-electron chi connectivity index (χ2n) is 4.22. The Morgan fingerprint density at radius 2 is 2.19 bits per heavy atom. The van der Waals surface area contributed by atoms with Crippen molar-refractivity contribution in [1.82, 2.24) is 4.98 Å². The second-order valence-corrected chi connectivity index (χ2v) is 6.00. The lowest BCUT2D eigenvalue weighted by atomic mass is 10.2. The Hall–Kier alpha value is -1.60. The van der Waals surface area contributed by atoms with Crippen LogP contribution in [0.3, 0.4) is 0 Å². The molecule has 0 radical (unpaired) electrons. The molecule has 1 aromatic heterocycles. The first-order valence-electron chi connectivity index (χ1n) is 6.23. The van der Waals surface area contributed by atoms with Crippen LogP contribution in [0.25, 0.3) is 0 Å². The fourth-order valence-corrected chi connectivity index (χ4v) is 2.92. The Bertz CT molecular complexity index is 630. The summed E-state index contributed by atoms with van der Waals surface area (Å²) in [4.78, 5) is 15.6. The Morgan fingerprint density at radius 3 is 2.90 bits per heavy atom. The lowest BCUT2D eigenvalue weighted by Gasteiger charge is -2.06. The van der Waals surface area contributed by atoms with E-state index in [-0.39, 0.29) is 5.97 Å². The van der Waals surface area contributed by atoms with Crippen molar-refractivity contribution in [3.63, 3.8) is 0 Å². The van der Waals surface area contributed by atoms with Crippen molar-refractivity contribution in [2.24, 2.45) is 0 Å². The summed E-state index contributed by atoms with van der Waals surface area (Å²) >= 11 is 4.93. The van der Waals surface area contributed by atoms with E-state index in [0.717, 1.165) is 26.7 Å². The van der Waals surface area contributed by atoms with Gasteiger partial charge in [-0.3, -0.25) is 4.79 Å². The Balaban J connectivity index is 2.02. The highest BCUT2D eigenvalue weighted by Crippen LogP contribution is 2.28. The van der Waals surface area contributed by atoms with Crippen LogP contribution in [0.2, 0.25) is 0 Å². The van der Waals surface area contributed by atoms with E-state index in [2.05, 4.69) is 31.0 Å². The summed E-state index contributed by atoms with van der Waals surface area (Å²) in [5, 5.41) is 5.93. The van der Waals surface area contributed by atoms with Gasteiger partial charge in [-0.15, -0.1) is 11.3 Å². The molecular weight excluding hydrogens is 356 g/mol. The van der Waals surface area contributed by atoms with Crippen LogP contribution >= 0.6 is 27.3 Å². The molecule has 0 aliphatic carbocycles. The molecule has 0 amide bonds. The van der Waals surface area contributed by atoms with Gasteiger partial charge in [-0.2, -0.15) is 0 Å². The molecule has 5 nitrogen and oxygen atoms in total. The zero-order valence-electron chi connectivity index (χ0n) is 11.7. The number of hydrogen-bond donors (Lipinski definition) is 1. The van der Waals surface area contributed by atoms with Gasteiger partial charge in [0.05, 0.1) is 26.3 Å². The molecule has 0 bridgehead atoms. The third kappa shape index (κ3) is 4.71. The topological polar surface area (TPSA) is 60.5 Å². The molecule has 0 saturated heterocycles. The van der Waals surface area contributed by atoms with Crippen molar-refractivity contribution < 1.29 is 14.3 Å². The molecule has 7 heteroatoms. The third-order valence-corrected chi connectivity index (χ3v) is 3.99. The first kappa shape index (κ1) is 15.8. The number of esters is 1. The van der Waals surface area contributed by atoms with Gasteiger partial charge >= 0.3 is 5.97 Å². The monoisotopic (exact) mass is 370 g/mol. The summed E-state index contributed by atoms with van der Waals surface area (Å²) < 4.78 is 10.8. The van der Waals surface area contributed by atoms with Crippen LogP contribution in [-0.2, 0) is 16.0 Å². The van der Waals surface area contributed by atoms with Crippen LogP contribution in [0.4, 0.5) is 10.8 Å². The maximum absolute atomic E-state index is 11.1. The molecule has 1 aromatic carbocycles. The highest BCUT2D eigenvalue weighted by molar-refractivity contribution is 9.10. The van der Waals surface area contributed by atoms with E-state index < -0.39 is 0 Å². The molecule has 0 aliphatic heterocycles. The average Bonchev–Trinajstić information content (AvgIpc) is 2.91. The van der Waals surface area contributed by atoms with Crippen LogP contribution < -0.4 is 10.1 Å². The van der Waals surface area contributed by atoms with E-state index in [1.807, 2.05) is 23.6 Å². The van der Waals surface area contributed by atoms with Crippen molar-refractivity contribution >= 4 is 44.1 Å². The van der Waals surface area contributed by atoms with Crippen molar-refractivity contribution in [3.05, 3.63) is 33.7 Å². The van der Waals surface area contributed by atoms with Crippen LogP contribution in [-0.4, -0.2) is 25.2 Å². The summed E-state index contributed by atoms with van der Waals surface area (Å²) in [6, 6.07) is 5.72. The van der Waals surface area contributed by atoms with Gasteiger partial charge in [0.2, 0.25) is 0 Å². The number of hydrogen-bond acceptors (Lipinski definition) is 6. The lowest BCUT2D eigenvalue weighted by Crippen LogP contribution is -2.02. The van der Waals surface area contributed by atoms with Gasteiger partial charge in [0.25, 0.3) is 0 Å². The molecular formula is C14H15BrN2O3S. The molecule has 112 valence electrons. The van der Waals surface area contributed by atoms with Crippen molar-refractivity contribution in [3.8, 4) is 5.75 Å². The van der Waals surface area contributed by atoms with Gasteiger partial charge in [-0.25, -0.2) is 4.98 Å². The number of halogens is 1. The number of ether oxygens (including phenoxy) is 2. The van der Waals surface area contributed by atoms with Gasteiger partial charge in [-0.1, -0.05) is 15.9 Å². The Labute approximate surface area is 135 Å². The number of carbonyl (C=O) groups is 1. The average molecular weight is 371 g/mol. The standard InChI is InChI=1S/C14H15BrN2O3S/c1-19-12-6-9(15)5-11(7-12)17-14-16-10(8-21-14)3-4-13(18)20-2/h5-8H,3-4H2,1-2H3,(H,16,17). The highest BCUT2D eigenvalue weighted by Gasteiger charge is 2.07. The molecule has 2 rings (SSSR count). The molecule has 0 spiro atoms. The van der Waals surface area contributed by atoms with Gasteiger partial charge < -0.3 is 14.8 Å². The minimum absolute atomic E-state index is 0.228. The van der Waals surface area contributed by atoms with Crippen LogP contribution in [0.15, 0.2) is 28.1 Å². The molecule has 21 heavy (non-hydrogen) atoms. The lowest BCUT2D eigenvalue weighted by molar-refractivity contribution is -0.140. The normalized spacial score (nSPS) is 10.2. The largest absolute Gasteiger partial charge is 0.497 e. The molecule has 2 aromatic rings. The number of methoxy groups -OCH3 is 2. The minimum Gasteiger partial charge on any atom is -0.497 e. The quantitative estimate of drug-likeness (QED) is 0.784. The number of nitrogens with one attached hydrogen (secondary N) is 1. The highest BCUT2D eigenvalue weighted by atomic mass is 79.9. The predicted octanol–water partition coefficient (Wildman–Crippen LogP) is 3.76. The fourth-order valence-electron chi connectivity index (χ4n) is 1.69. The number of carbonyl (C=O) groups excluding carboxylic acids is 1. The number of thiazole rings is 1. The molecule has 0 aliphatic rings. The minimum atomic E-state index is -0.228. The van der Waals surface area contributed by atoms with E-state index in [1.165, 1.54) is 18.4 Å². The summed E-state index contributed by atoms with van der Waals surface area (Å²) in [6.45, 7) is 0. The van der Waals surface area contributed by atoms with E-state index >= 15 is 0 Å². The number of nitrogens with zero attached hydrogens (tertiary/aromatic N) is 1. The van der Waals surface area contributed by atoms with Crippen LogP contribution in [0.1, 0.15) is 12.1 Å². The molecule has 1 N–H and O–H groups in total. The second kappa shape index (κ2) is 7.42. The van der Waals surface area contributed by atoms with E-state index in [4.69, 9.17) is 4.74 Å². The zero-order chi connectivity index (χ0) is 15.2. The van der Waals surface area contributed by atoms with Crippen molar-refractivity contribution in [2.75, 3.05) is 19.5 Å². The van der Waals surface area contributed by atoms with Crippen LogP contribution in [0.5, 0.6) is 5.75 Å². The van der Waals surface area contributed by atoms with E-state index in [0.29, 0.717) is 12.8 Å². The summed E-state index contributed by atoms with van der Waals surface area (Å²) in [7, 11) is 3.01. The number of aromatic nitrogens is 1. The van der Waals surface area contributed by atoms with E-state index in [9.17, 15) is 4.79 Å². The fraction of sp³-hybridized carbons (Fsp3) is 0.286. The van der Waals surface area contributed by atoms with Gasteiger partial charge in [0.1, 0.15) is 5.75 Å². The molecule has 0 fully saturated rings. The maximum Gasteiger partial charge on any atom is 0.305 e. The summed E-state index contributed by atoms with van der Waals surface area (Å²) in [5.41, 5.74) is 1.75. The van der Waals surface area contributed by atoms with Crippen molar-refractivity contribution in [2.45, 2.75) is 12.8 Å². The maximum atomic E-state index is 11.1. The van der Waals surface area contributed by atoms with E-state index in [1.54, 1.807) is 7.11 Å². The summed E-state index contributed by atoms with van der Waals surface area (Å²) in [6.07, 6.45) is 0.914. The van der Waals surface area contributed by atoms with Gasteiger partial charge in [0.15, 0.2) is 5.13 Å². The van der Waals surface area contributed by atoms with Crippen molar-refractivity contribution in [1.29, 1.82) is 0 Å². The zero-order valence-corrected chi connectivity index (χ0v) is 14.1. The predicted molar refractivity (Wildman–Crippen MR) is 86.4 cm³/mol. The van der Waals surface area contributed by atoms with Gasteiger partial charge in [0, 0.05) is 28.0 Å². The Kier molecular flexibility index (Phi) is 5.58. The number of benzene rings is 1. The summed E-state index contributed by atoms with van der Waals surface area (Å²) in [5.74, 6) is 0.531. The van der Waals surface area contributed by atoms with Crippen LogP contribution in [0, 0.1) is 0 Å². The number of anilines is 2. The molecule has 0 atom stereocenters. The molecule has 1 heterocycles. The SMILES string of the molecule is COC(=O)CCc1csc(Nc2cc(Br)cc(OC)c2)n1. The first-order chi connectivity index (χ1) is 10.1. The molecule has 0 saturated carbocycles. The number of aryl methyl sites for hydroxylation is 1. The third-order valence-electron chi connectivity index (χ3n) is 2.72. The smallest absolute Gasteiger partial charge is 0.305 e. The first-order valence-corrected chi connectivity index (χ1v) is 7.91. The number of rotatable bonds is 6. The Morgan fingerprint density at radius 1 is 1.38 bits per heavy atom. The molecule has 0 unspecified atom stereocenters.